The highest BCUT2D eigenvalue weighted by molar-refractivity contribution is 6.31. The average Bonchev–Trinajstić information content (AvgIpc) is 2.81. The van der Waals surface area contributed by atoms with E-state index in [1.165, 1.54) is 11.1 Å². The number of hydrogen-bond donors (Lipinski definition) is 2. The van der Waals surface area contributed by atoms with E-state index in [0.717, 1.165) is 0 Å². The van der Waals surface area contributed by atoms with Crippen LogP contribution >= 0.6 is 11.6 Å². The van der Waals surface area contributed by atoms with E-state index in [1.807, 2.05) is 0 Å². The summed E-state index contributed by atoms with van der Waals surface area (Å²) in [6.07, 6.45) is 0.143. The first kappa shape index (κ1) is 12.3. The molecule has 0 fully saturated rings. The Balaban J connectivity index is 2.25. The second-order valence-electron chi connectivity index (χ2n) is 3.51. The Hall–Kier alpha value is -2.15. The fraction of sp³-hybridized carbons (Fsp3) is 0.200. The summed E-state index contributed by atoms with van der Waals surface area (Å²) in [4.78, 5) is 12.1. The topological polar surface area (TPSA) is 92.9 Å². The van der Waals surface area contributed by atoms with Crippen molar-refractivity contribution >= 4 is 17.7 Å². The molecular formula is C10H10ClN5O2. The van der Waals surface area contributed by atoms with Crippen molar-refractivity contribution < 1.29 is 9.90 Å². The van der Waals surface area contributed by atoms with E-state index in [9.17, 15) is 4.79 Å². The van der Waals surface area contributed by atoms with Crippen molar-refractivity contribution in [2.45, 2.75) is 12.6 Å². The minimum absolute atomic E-state index is 0.218. The number of tetrazole rings is 1. The maximum Gasteiger partial charge on any atom is 0.405 e. The minimum atomic E-state index is -1.14. The molecule has 0 radical (unpaired) electrons. The number of carbonyl (C=O) groups is 1. The Kier molecular flexibility index (Phi) is 3.73. The van der Waals surface area contributed by atoms with Crippen LogP contribution in [-0.4, -0.2) is 31.4 Å². The molecule has 1 aromatic heterocycles. The number of carboxylic acid groups (broad SMARTS) is 1. The highest BCUT2D eigenvalue weighted by atomic mass is 35.5. The van der Waals surface area contributed by atoms with Crippen LogP contribution in [0.15, 0.2) is 30.6 Å². The third-order valence-corrected chi connectivity index (χ3v) is 2.66. The molecular weight excluding hydrogens is 258 g/mol. The summed E-state index contributed by atoms with van der Waals surface area (Å²) < 4.78 is 0. The van der Waals surface area contributed by atoms with Gasteiger partial charge in [-0.15, -0.1) is 10.2 Å². The van der Waals surface area contributed by atoms with Gasteiger partial charge in [0.15, 0.2) is 6.33 Å². The zero-order chi connectivity index (χ0) is 13.0. The van der Waals surface area contributed by atoms with Gasteiger partial charge in [0, 0.05) is 5.02 Å². The molecule has 1 amide bonds. The fourth-order valence-corrected chi connectivity index (χ4v) is 1.83. The summed E-state index contributed by atoms with van der Waals surface area (Å²) >= 11 is 6.04. The molecule has 94 valence electrons. The normalized spacial score (nSPS) is 12.1. The van der Waals surface area contributed by atoms with Crippen LogP contribution in [0.3, 0.4) is 0 Å². The number of halogens is 1. The smallest absolute Gasteiger partial charge is 0.405 e. The Bertz CT molecular complexity index is 531. The molecule has 8 heteroatoms. The second-order valence-corrected chi connectivity index (χ2v) is 3.92. The summed E-state index contributed by atoms with van der Waals surface area (Å²) in [6.45, 7) is 0.218. The van der Waals surface area contributed by atoms with Crippen LogP contribution in [0.1, 0.15) is 11.6 Å². The number of aromatic nitrogens is 4. The molecule has 2 aromatic rings. The highest BCUT2D eigenvalue weighted by Gasteiger charge is 2.18. The average molecular weight is 268 g/mol. The molecule has 18 heavy (non-hydrogen) atoms. The lowest BCUT2D eigenvalue weighted by Crippen LogP contribution is -2.31. The van der Waals surface area contributed by atoms with Crippen LogP contribution in [-0.2, 0) is 6.54 Å². The number of rotatable bonds is 4. The maximum atomic E-state index is 10.8. The third-order valence-electron chi connectivity index (χ3n) is 2.32. The Morgan fingerprint density at radius 3 is 2.89 bits per heavy atom. The summed E-state index contributed by atoms with van der Waals surface area (Å²) in [5.74, 6) is 0. The molecule has 0 aliphatic carbocycles. The summed E-state index contributed by atoms with van der Waals surface area (Å²) in [5, 5.41) is 22.8. The van der Waals surface area contributed by atoms with Crippen molar-refractivity contribution in [1.29, 1.82) is 0 Å². The first-order chi connectivity index (χ1) is 8.66. The maximum absolute atomic E-state index is 10.8. The van der Waals surface area contributed by atoms with Gasteiger partial charge in [-0.3, -0.25) is 0 Å². The lowest BCUT2D eigenvalue weighted by atomic mass is 10.1. The SMILES string of the molecule is O=C(O)NC(Cn1ncnn1)c1ccccc1Cl. The number of amides is 1. The lowest BCUT2D eigenvalue weighted by Gasteiger charge is -2.17. The first-order valence-electron chi connectivity index (χ1n) is 5.11. The van der Waals surface area contributed by atoms with Gasteiger partial charge in [0.25, 0.3) is 0 Å². The number of nitrogens with zero attached hydrogens (tertiary/aromatic N) is 4. The fourth-order valence-electron chi connectivity index (χ4n) is 1.56. The van der Waals surface area contributed by atoms with E-state index in [4.69, 9.17) is 16.7 Å². The minimum Gasteiger partial charge on any atom is -0.465 e. The Morgan fingerprint density at radius 2 is 2.28 bits per heavy atom. The third kappa shape index (κ3) is 2.95. The molecule has 1 heterocycles. The number of nitrogens with one attached hydrogen (secondary N) is 1. The van der Waals surface area contributed by atoms with Crippen molar-refractivity contribution in [3.8, 4) is 0 Å². The molecule has 0 aliphatic heterocycles. The molecule has 0 spiro atoms. The van der Waals surface area contributed by atoms with Gasteiger partial charge in [-0.2, -0.15) is 4.80 Å². The highest BCUT2D eigenvalue weighted by Crippen LogP contribution is 2.23. The zero-order valence-corrected chi connectivity index (χ0v) is 9.95. The van der Waals surface area contributed by atoms with E-state index in [1.54, 1.807) is 24.3 Å². The monoisotopic (exact) mass is 267 g/mol. The van der Waals surface area contributed by atoms with Gasteiger partial charge in [0.1, 0.15) is 0 Å². The first-order valence-corrected chi connectivity index (χ1v) is 5.49. The van der Waals surface area contributed by atoms with Crippen molar-refractivity contribution in [2.75, 3.05) is 0 Å². The quantitative estimate of drug-likeness (QED) is 0.872. The van der Waals surface area contributed by atoms with Gasteiger partial charge in [0.2, 0.25) is 0 Å². The summed E-state index contributed by atoms with van der Waals surface area (Å²) in [6, 6.07) is 6.47. The summed E-state index contributed by atoms with van der Waals surface area (Å²) in [5.41, 5.74) is 0.666. The van der Waals surface area contributed by atoms with Gasteiger partial charge in [0.05, 0.1) is 12.6 Å². The molecule has 7 nitrogen and oxygen atoms in total. The molecule has 2 N–H and O–H groups in total. The van der Waals surface area contributed by atoms with Gasteiger partial charge in [-0.1, -0.05) is 29.8 Å². The van der Waals surface area contributed by atoms with Crippen LogP contribution in [0.4, 0.5) is 4.79 Å². The molecule has 1 atom stereocenters. The second kappa shape index (κ2) is 5.46. The molecule has 2 rings (SSSR count). The van der Waals surface area contributed by atoms with E-state index in [2.05, 4.69) is 20.7 Å². The molecule has 0 bridgehead atoms. The molecule has 0 saturated carbocycles. The standard InChI is InChI=1S/C10H10ClN5O2/c11-8-4-2-1-3-7(8)9(14-10(17)18)5-16-13-6-12-15-16/h1-4,6,9,14H,5H2,(H,17,18). The van der Waals surface area contributed by atoms with Gasteiger partial charge in [-0.05, 0) is 16.8 Å². The molecule has 0 aliphatic rings. The van der Waals surface area contributed by atoms with Crippen molar-refractivity contribution in [1.82, 2.24) is 25.5 Å². The van der Waals surface area contributed by atoms with E-state index in [0.29, 0.717) is 10.6 Å². The number of benzene rings is 1. The largest absolute Gasteiger partial charge is 0.465 e. The molecule has 0 saturated heterocycles. The Morgan fingerprint density at radius 1 is 1.50 bits per heavy atom. The number of hydrogen-bond acceptors (Lipinski definition) is 4. The Labute approximate surface area is 107 Å². The molecule has 1 aromatic carbocycles. The van der Waals surface area contributed by atoms with Gasteiger partial charge < -0.3 is 10.4 Å². The van der Waals surface area contributed by atoms with Crippen molar-refractivity contribution in [3.63, 3.8) is 0 Å². The van der Waals surface area contributed by atoms with Crippen molar-refractivity contribution in [2.24, 2.45) is 0 Å². The predicted molar refractivity (Wildman–Crippen MR) is 63.2 cm³/mol. The van der Waals surface area contributed by atoms with Crippen LogP contribution < -0.4 is 5.32 Å². The van der Waals surface area contributed by atoms with E-state index in [-0.39, 0.29) is 6.54 Å². The van der Waals surface area contributed by atoms with E-state index < -0.39 is 12.1 Å². The van der Waals surface area contributed by atoms with Gasteiger partial charge in [-0.25, -0.2) is 4.79 Å². The lowest BCUT2D eigenvalue weighted by molar-refractivity contribution is 0.187. The van der Waals surface area contributed by atoms with Crippen LogP contribution in [0.25, 0.3) is 0 Å². The van der Waals surface area contributed by atoms with Crippen LogP contribution in [0, 0.1) is 0 Å². The van der Waals surface area contributed by atoms with Crippen LogP contribution in [0.5, 0.6) is 0 Å². The van der Waals surface area contributed by atoms with E-state index >= 15 is 0 Å². The predicted octanol–water partition coefficient (Wildman–Crippen LogP) is 1.34. The van der Waals surface area contributed by atoms with Crippen LogP contribution in [0.2, 0.25) is 5.02 Å². The molecule has 1 unspecified atom stereocenters. The van der Waals surface area contributed by atoms with Gasteiger partial charge >= 0.3 is 6.09 Å². The zero-order valence-electron chi connectivity index (χ0n) is 9.19. The summed E-state index contributed by atoms with van der Waals surface area (Å²) in [7, 11) is 0. The van der Waals surface area contributed by atoms with Crippen molar-refractivity contribution in [3.05, 3.63) is 41.2 Å².